The number of ether oxygens (including phenoxy) is 2. The molecule has 33 heavy (non-hydrogen) atoms. The third-order valence-electron chi connectivity index (χ3n) is 5.66. The van der Waals surface area contributed by atoms with E-state index in [1.807, 2.05) is 6.07 Å². The topological polar surface area (TPSA) is 108 Å². The minimum atomic E-state index is -0.356. The number of nitrogens with one attached hydrogen (secondary N) is 1. The Morgan fingerprint density at radius 1 is 1.15 bits per heavy atom. The Kier molecular flexibility index (Phi) is 5.67. The number of benzene rings is 2. The first-order valence-electron chi connectivity index (χ1n) is 10.3. The van der Waals surface area contributed by atoms with E-state index in [2.05, 4.69) is 9.97 Å². The van der Waals surface area contributed by atoms with Crippen molar-refractivity contribution < 1.29 is 19.1 Å². The molecule has 3 aromatic rings. The van der Waals surface area contributed by atoms with Gasteiger partial charge in [0.2, 0.25) is 5.95 Å². The molecule has 1 aromatic heterocycles. The first kappa shape index (κ1) is 22.1. The fourth-order valence-electron chi connectivity index (χ4n) is 4.04. The van der Waals surface area contributed by atoms with Crippen LogP contribution in [0.4, 0.5) is 16.4 Å². The molecule has 2 aromatic carbocycles. The second-order valence-corrected chi connectivity index (χ2v) is 7.91. The number of H-pyrrole nitrogens is 1. The number of methoxy groups -OCH3 is 2. The van der Waals surface area contributed by atoms with Crippen molar-refractivity contribution >= 4 is 34.5 Å². The van der Waals surface area contributed by atoms with Crippen LogP contribution in [0.5, 0.6) is 11.5 Å². The number of imide groups is 1. The molecule has 0 aliphatic carbocycles. The van der Waals surface area contributed by atoms with Gasteiger partial charge in [0, 0.05) is 32.3 Å². The summed E-state index contributed by atoms with van der Waals surface area (Å²) in [5.41, 5.74) is 2.20. The summed E-state index contributed by atoms with van der Waals surface area (Å²) in [4.78, 5) is 49.2. The quantitative estimate of drug-likeness (QED) is 0.573. The molecular weight excluding hydrogens is 426 g/mol. The number of carbonyl (C=O) groups excluding carboxylic acids is 2. The zero-order valence-corrected chi connectivity index (χ0v) is 19.1. The number of aromatic nitrogens is 2. The summed E-state index contributed by atoms with van der Waals surface area (Å²) in [7, 11) is 6.44. The second-order valence-electron chi connectivity index (χ2n) is 7.91. The molecule has 1 aliphatic rings. The standard InChI is InChI=1S/C23H25N5O5/c1-13-19-16(10-17(32-4)20(13)33-5)24-22(25-21(19)30)26(2)11-14-7-6-8-15(9-14)28-18(29)12-27(3)23(28)31/h6-10H,11-12H2,1-5H3,(H,24,25,30). The summed E-state index contributed by atoms with van der Waals surface area (Å²) in [5, 5.41) is 0.432. The van der Waals surface area contributed by atoms with Crippen molar-refractivity contribution in [2.24, 2.45) is 0 Å². The molecule has 172 valence electrons. The number of carbonyl (C=O) groups is 2. The van der Waals surface area contributed by atoms with Crippen LogP contribution in [0.15, 0.2) is 35.1 Å². The number of fused-ring (bicyclic) bond motifs is 1. The Bertz CT molecular complexity index is 1320. The lowest BCUT2D eigenvalue weighted by Gasteiger charge is -2.20. The third kappa shape index (κ3) is 3.84. The number of rotatable bonds is 6. The van der Waals surface area contributed by atoms with E-state index in [9.17, 15) is 14.4 Å². The minimum Gasteiger partial charge on any atom is -0.493 e. The molecule has 0 spiro atoms. The SMILES string of the molecule is COc1cc2nc(N(C)Cc3cccc(N4C(=O)CN(C)C4=O)c3)[nH]c(=O)c2c(C)c1OC. The molecule has 0 radical (unpaired) electrons. The van der Waals surface area contributed by atoms with Gasteiger partial charge in [-0.3, -0.25) is 14.6 Å². The first-order valence-corrected chi connectivity index (χ1v) is 10.3. The Hall–Kier alpha value is -4.08. The maximum absolute atomic E-state index is 12.9. The van der Waals surface area contributed by atoms with E-state index < -0.39 is 0 Å². The van der Waals surface area contributed by atoms with Crippen molar-refractivity contribution in [3.8, 4) is 11.5 Å². The number of aryl methyl sites for hydroxylation is 1. The van der Waals surface area contributed by atoms with Crippen LogP contribution in [-0.2, 0) is 11.3 Å². The van der Waals surface area contributed by atoms with Gasteiger partial charge in [-0.1, -0.05) is 12.1 Å². The van der Waals surface area contributed by atoms with Gasteiger partial charge in [-0.05, 0) is 24.6 Å². The van der Waals surface area contributed by atoms with Gasteiger partial charge in [-0.2, -0.15) is 0 Å². The van der Waals surface area contributed by atoms with E-state index in [1.54, 1.807) is 50.2 Å². The number of hydrogen-bond donors (Lipinski definition) is 1. The fourth-order valence-corrected chi connectivity index (χ4v) is 4.04. The Balaban J connectivity index is 1.66. The van der Waals surface area contributed by atoms with Crippen molar-refractivity contribution in [1.29, 1.82) is 0 Å². The number of urea groups is 1. The molecular formula is C23H25N5O5. The van der Waals surface area contributed by atoms with Gasteiger partial charge in [0.15, 0.2) is 11.5 Å². The summed E-state index contributed by atoms with van der Waals surface area (Å²) in [6, 6.07) is 8.49. The van der Waals surface area contributed by atoms with E-state index >= 15 is 0 Å². The normalized spacial score (nSPS) is 13.7. The van der Waals surface area contributed by atoms with Gasteiger partial charge < -0.3 is 19.3 Å². The molecule has 1 aliphatic heterocycles. The van der Waals surface area contributed by atoms with Crippen LogP contribution in [0.1, 0.15) is 11.1 Å². The Morgan fingerprint density at radius 3 is 2.55 bits per heavy atom. The zero-order valence-electron chi connectivity index (χ0n) is 19.1. The van der Waals surface area contributed by atoms with Crippen molar-refractivity contribution in [2.45, 2.75) is 13.5 Å². The second kappa shape index (κ2) is 8.45. The summed E-state index contributed by atoms with van der Waals surface area (Å²) < 4.78 is 10.8. The predicted molar refractivity (Wildman–Crippen MR) is 124 cm³/mol. The van der Waals surface area contributed by atoms with E-state index in [-0.39, 0.29) is 24.0 Å². The van der Waals surface area contributed by atoms with E-state index in [1.165, 1.54) is 24.0 Å². The van der Waals surface area contributed by atoms with Crippen LogP contribution in [0.2, 0.25) is 0 Å². The Labute approximate surface area is 190 Å². The molecule has 1 N–H and O–H groups in total. The van der Waals surface area contributed by atoms with Crippen molar-refractivity contribution in [1.82, 2.24) is 14.9 Å². The first-order chi connectivity index (χ1) is 15.7. The van der Waals surface area contributed by atoms with Gasteiger partial charge in [-0.15, -0.1) is 0 Å². The smallest absolute Gasteiger partial charge is 0.331 e. The summed E-state index contributed by atoms with van der Waals surface area (Å²) in [6.45, 7) is 2.23. The molecule has 4 rings (SSSR count). The molecule has 0 saturated carbocycles. The maximum atomic E-state index is 12.9. The van der Waals surface area contributed by atoms with E-state index in [4.69, 9.17) is 9.47 Å². The third-order valence-corrected chi connectivity index (χ3v) is 5.66. The highest BCUT2D eigenvalue weighted by Gasteiger charge is 2.34. The summed E-state index contributed by atoms with van der Waals surface area (Å²) in [6.07, 6.45) is 0. The maximum Gasteiger partial charge on any atom is 0.331 e. The number of amides is 3. The van der Waals surface area contributed by atoms with Crippen LogP contribution in [0.25, 0.3) is 10.9 Å². The van der Waals surface area contributed by atoms with Gasteiger partial charge in [-0.25, -0.2) is 14.7 Å². The van der Waals surface area contributed by atoms with Crippen LogP contribution in [0, 0.1) is 6.92 Å². The molecule has 2 heterocycles. The average Bonchev–Trinajstić information content (AvgIpc) is 3.04. The fraction of sp³-hybridized carbons (Fsp3) is 0.304. The average molecular weight is 451 g/mol. The zero-order chi connectivity index (χ0) is 23.9. The van der Waals surface area contributed by atoms with Crippen LogP contribution in [0.3, 0.4) is 0 Å². The van der Waals surface area contributed by atoms with Crippen molar-refractivity contribution in [3.05, 3.63) is 51.8 Å². The molecule has 3 amide bonds. The van der Waals surface area contributed by atoms with Crippen LogP contribution in [-0.4, -0.2) is 61.7 Å². The molecule has 0 atom stereocenters. The lowest BCUT2D eigenvalue weighted by molar-refractivity contribution is -0.116. The highest BCUT2D eigenvalue weighted by atomic mass is 16.5. The predicted octanol–water partition coefficient (Wildman–Crippen LogP) is 2.28. The van der Waals surface area contributed by atoms with E-state index in [0.29, 0.717) is 46.1 Å². The number of hydrogen-bond acceptors (Lipinski definition) is 7. The van der Waals surface area contributed by atoms with Gasteiger partial charge >= 0.3 is 6.03 Å². The van der Waals surface area contributed by atoms with Crippen LogP contribution < -0.4 is 24.8 Å². The number of anilines is 2. The van der Waals surface area contributed by atoms with Gasteiger partial charge in [0.1, 0.15) is 6.54 Å². The molecule has 1 fully saturated rings. The number of nitrogens with zero attached hydrogens (tertiary/aromatic N) is 4. The molecule has 10 heteroatoms. The highest BCUT2D eigenvalue weighted by Crippen LogP contribution is 2.35. The molecule has 1 saturated heterocycles. The van der Waals surface area contributed by atoms with Crippen LogP contribution >= 0.6 is 0 Å². The highest BCUT2D eigenvalue weighted by molar-refractivity contribution is 6.19. The summed E-state index contributed by atoms with van der Waals surface area (Å²) >= 11 is 0. The van der Waals surface area contributed by atoms with Gasteiger partial charge in [0.05, 0.1) is 30.8 Å². The minimum absolute atomic E-state index is 0.0544. The molecule has 0 bridgehead atoms. The Morgan fingerprint density at radius 2 is 1.91 bits per heavy atom. The van der Waals surface area contributed by atoms with Crippen molar-refractivity contribution in [2.75, 3.05) is 44.7 Å². The van der Waals surface area contributed by atoms with E-state index in [0.717, 1.165) is 5.56 Å². The largest absolute Gasteiger partial charge is 0.493 e. The summed E-state index contributed by atoms with van der Waals surface area (Å²) in [5.74, 6) is 1.09. The molecule has 10 nitrogen and oxygen atoms in total. The lowest BCUT2D eigenvalue weighted by Crippen LogP contribution is -2.31. The molecule has 0 unspecified atom stereocenters. The van der Waals surface area contributed by atoms with Gasteiger partial charge in [0.25, 0.3) is 11.5 Å². The van der Waals surface area contributed by atoms with Crippen molar-refractivity contribution in [3.63, 3.8) is 0 Å². The lowest BCUT2D eigenvalue weighted by atomic mass is 10.1. The number of likely N-dealkylation sites (N-methyl/N-ethyl adjacent to an activating group) is 1. The monoisotopic (exact) mass is 451 g/mol. The number of aromatic amines is 1.